The number of halogens is 2. The van der Waals surface area contributed by atoms with Crippen LogP contribution in [0.15, 0.2) is 45.5 Å². The molecule has 0 saturated heterocycles. The highest BCUT2D eigenvalue weighted by Crippen LogP contribution is 2.27. The number of aromatic nitrogens is 1. The van der Waals surface area contributed by atoms with Gasteiger partial charge in [0.15, 0.2) is 0 Å². The summed E-state index contributed by atoms with van der Waals surface area (Å²) in [4.78, 5) is 4.25. The van der Waals surface area contributed by atoms with Gasteiger partial charge in [0.1, 0.15) is 5.75 Å². The van der Waals surface area contributed by atoms with Gasteiger partial charge in [-0.2, -0.15) is 0 Å². The maximum absolute atomic E-state index is 10.2. The predicted molar refractivity (Wildman–Crippen MR) is 85.9 cm³/mol. The fourth-order valence-electron chi connectivity index (χ4n) is 1.90. The first-order valence-electron chi connectivity index (χ1n) is 6.22. The number of aryl methyl sites for hydroxylation is 1. The van der Waals surface area contributed by atoms with Crippen molar-refractivity contribution in [3.8, 4) is 5.75 Å². The predicted octanol–water partition coefficient (Wildman–Crippen LogP) is 4.28. The lowest BCUT2D eigenvalue weighted by molar-refractivity contribution is 0.162. The molecule has 5 heteroatoms. The van der Waals surface area contributed by atoms with Crippen LogP contribution in [-0.2, 0) is 6.42 Å². The smallest absolute Gasteiger partial charge is 0.118 e. The number of aliphatic hydroxyl groups excluding tert-OH is 1. The average Bonchev–Trinajstić information content (AvgIpc) is 2.45. The molecule has 1 atom stereocenters. The van der Waals surface area contributed by atoms with E-state index in [2.05, 4.69) is 36.8 Å². The summed E-state index contributed by atoms with van der Waals surface area (Å²) in [7, 11) is 1.65. The van der Waals surface area contributed by atoms with Gasteiger partial charge in [0.25, 0.3) is 0 Å². The number of rotatable bonds is 5. The molecule has 0 aliphatic rings. The summed E-state index contributed by atoms with van der Waals surface area (Å²) >= 11 is 6.77. The van der Waals surface area contributed by atoms with Gasteiger partial charge in [-0.1, -0.05) is 12.1 Å². The second-order valence-corrected chi connectivity index (χ2v) is 6.19. The summed E-state index contributed by atoms with van der Waals surface area (Å²) in [5, 5.41) is 10.2. The fourth-order valence-corrected chi connectivity index (χ4v) is 3.15. The maximum Gasteiger partial charge on any atom is 0.118 e. The van der Waals surface area contributed by atoms with Gasteiger partial charge < -0.3 is 9.84 Å². The highest BCUT2D eigenvalue weighted by atomic mass is 79.9. The summed E-state index contributed by atoms with van der Waals surface area (Å²) < 4.78 is 6.82. The molecule has 0 saturated carbocycles. The van der Waals surface area contributed by atoms with Crippen LogP contribution in [0, 0.1) is 0 Å². The molecule has 1 aromatic heterocycles. The van der Waals surface area contributed by atoms with Crippen molar-refractivity contribution in [2.24, 2.45) is 0 Å². The Morgan fingerprint density at radius 1 is 1.25 bits per heavy atom. The van der Waals surface area contributed by atoms with Crippen molar-refractivity contribution in [3.05, 3.63) is 56.7 Å². The van der Waals surface area contributed by atoms with Gasteiger partial charge in [0.2, 0.25) is 0 Å². The molecule has 20 heavy (non-hydrogen) atoms. The molecule has 1 aromatic carbocycles. The normalized spacial score (nSPS) is 12.2. The summed E-state index contributed by atoms with van der Waals surface area (Å²) in [6.07, 6.45) is 2.52. The molecule has 0 spiro atoms. The Bertz CT molecular complexity index is 573. The van der Waals surface area contributed by atoms with E-state index in [0.717, 1.165) is 26.7 Å². The highest BCUT2D eigenvalue weighted by molar-refractivity contribution is 9.11. The minimum atomic E-state index is -0.584. The van der Waals surface area contributed by atoms with E-state index in [1.165, 1.54) is 0 Å². The van der Waals surface area contributed by atoms with Crippen molar-refractivity contribution in [1.29, 1.82) is 0 Å². The second-order valence-electron chi connectivity index (χ2n) is 4.42. The van der Waals surface area contributed by atoms with Gasteiger partial charge in [0, 0.05) is 15.1 Å². The average molecular weight is 401 g/mol. The molecule has 1 heterocycles. The van der Waals surface area contributed by atoms with Crippen LogP contribution in [0.2, 0.25) is 0 Å². The van der Waals surface area contributed by atoms with Crippen LogP contribution in [-0.4, -0.2) is 17.2 Å². The lowest BCUT2D eigenvalue weighted by Gasteiger charge is -2.12. The quantitative estimate of drug-likeness (QED) is 0.814. The third kappa shape index (κ3) is 4.04. The Balaban J connectivity index is 1.98. The van der Waals surface area contributed by atoms with Gasteiger partial charge in [-0.25, -0.2) is 0 Å². The minimum Gasteiger partial charge on any atom is -0.497 e. The van der Waals surface area contributed by atoms with Crippen LogP contribution in [0.3, 0.4) is 0 Å². The number of nitrogens with zero attached hydrogens (tertiary/aromatic N) is 1. The van der Waals surface area contributed by atoms with E-state index in [1.54, 1.807) is 13.3 Å². The lowest BCUT2D eigenvalue weighted by Crippen LogP contribution is -2.03. The van der Waals surface area contributed by atoms with E-state index in [4.69, 9.17) is 4.74 Å². The number of pyridine rings is 1. The Morgan fingerprint density at radius 3 is 2.55 bits per heavy atom. The molecule has 1 unspecified atom stereocenters. The summed E-state index contributed by atoms with van der Waals surface area (Å²) in [5.74, 6) is 0.839. The van der Waals surface area contributed by atoms with E-state index < -0.39 is 6.10 Å². The van der Waals surface area contributed by atoms with Crippen molar-refractivity contribution in [2.75, 3.05) is 7.11 Å². The van der Waals surface area contributed by atoms with Gasteiger partial charge >= 0.3 is 0 Å². The lowest BCUT2D eigenvalue weighted by atomic mass is 10.0. The molecular weight excluding hydrogens is 386 g/mol. The van der Waals surface area contributed by atoms with E-state index in [-0.39, 0.29) is 0 Å². The molecule has 0 bridgehead atoms. The van der Waals surface area contributed by atoms with Crippen molar-refractivity contribution >= 4 is 31.9 Å². The van der Waals surface area contributed by atoms with E-state index in [1.807, 2.05) is 30.3 Å². The van der Waals surface area contributed by atoms with E-state index in [9.17, 15) is 5.11 Å². The van der Waals surface area contributed by atoms with Gasteiger partial charge in [-0.3, -0.25) is 4.98 Å². The van der Waals surface area contributed by atoms with Crippen molar-refractivity contribution in [2.45, 2.75) is 18.9 Å². The zero-order valence-corrected chi connectivity index (χ0v) is 14.2. The molecule has 3 nitrogen and oxygen atoms in total. The zero-order valence-electron chi connectivity index (χ0n) is 11.0. The molecule has 0 aliphatic carbocycles. The molecular formula is C15H15Br2NO2. The number of hydrogen-bond acceptors (Lipinski definition) is 3. The van der Waals surface area contributed by atoms with Gasteiger partial charge in [-0.05, 0) is 68.5 Å². The number of benzene rings is 1. The molecule has 0 radical (unpaired) electrons. The Hall–Kier alpha value is -0.910. The molecule has 106 valence electrons. The molecule has 0 amide bonds. The number of hydrogen-bond donors (Lipinski definition) is 1. The zero-order chi connectivity index (χ0) is 14.5. The summed E-state index contributed by atoms with van der Waals surface area (Å²) in [6.45, 7) is 0. The van der Waals surface area contributed by atoms with Crippen molar-refractivity contribution in [3.63, 3.8) is 0 Å². The third-order valence-corrected chi connectivity index (χ3v) is 4.09. The van der Waals surface area contributed by atoms with E-state index >= 15 is 0 Å². The maximum atomic E-state index is 10.2. The number of methoxy groups -OCH3 is 1. The summed E-state index contributed by atoms with van der Waals surface area (Å²) in [6, 6.07) is 9.76. The van der Waals surface area contributed by atoms with Crippen molar-refractivity contribution < 1.29 is 9.84 Å². The topological polar surface area (TPSA) is 42.4 Å². The van der Waals surface area contributed by atoms with Crippen LogP contribution >= 0.6 is 31.9 Å². The fraction of sp³-hybridized carbons (Fsp3) is 0.267. The SMILES string of the molecule is COc1ccc(CCC(O)c2ncc(Br)cc2Br)cc1. The second kappa shape index (κ2) is 7.20. The molecule has 2 rings (SSSR count). The largest absolute Gasteiger partial charge is 0.497 e. The van der Waals surface area contributed by atoms with Gasteiger partial charge in [-0.15, -0.1) is 0 Å². The summed E-state index contributed by atoms with van der Waals surface area (Å²) in [5.41, 5.74) is 1.83. The first-order chi connectivity index (χ1) is 9.60. The number of aliphatic hydroxyl groups is 1. The van der Waals surface area contributed by atoms with E-state index in [0.29, 0.717) is 12.1 Å². The molecule has 0 fully saturated rings. The number of ether oxygens (including phenoxy) is 1. The van der Waals surface area contributed by atoms with Crippen molar-refractivity contribution in [1.82, 2.24) is 4.98 Å². The Labute approximate surface area is 135 Å². The van der Waals surface area contributed by atoms with Crippen LogP contribution < -0.4 is 4.74 Å². The minimum absolute atomic E-state index is 0.584. The molecule has 0 aliphatic heterocycles. The first kappa shape index (κ1) is 15.5. The first-order valence-corrected chi connectivity index (χ1v) is 7.80. The monoisotopic (exact) mass is 399 g/mol. The van der Waals surface area contributed by atoms with Crippen LogP contribution in [0.5, 0.6) is 5.75 Å². The highest BCUT2D eigenvalue weighted by Gasteiger charge is 2.13. The van der Waals surface area contributed by atoms with Gasteiger partial charge in [0.05, 0.1) is 18.9 Å². The third-order valence-electron chi connectivity index (χ3n) is 3.02. The van der Waals surface area contributed by atoms with Crippen LogP contribution in [0.25, 0.3) is 0 Å². The standard InChI is InChI=1S/C15H15Br2NO2/c1-20-12-5-2-10(3-6-12)4-7-14(19)15-13(17)8-11(16)9-18-15/h2-3,5-6,8-9,14,19H,4,7H2,1H3. The Morgan fingerprint density at radius 2 is 1.95 bits per heavy atom. The van der Waals surface area contributed by atoms with Crippen LogP contribution in [0.4, 0.5) is 0 Å². The van der Waals surface area contributed by atoms with Crippen LogP contribution in [0.1, 0.15) is 23.8 Å². The molecule has 2 aromatic rings. The molecule has 1 N–H and O–H groups in total. The Kier molecular flexibility index (Phi) is 5.57.